The molecule has 1 saturated heterocycles. The first kappa shape index (κ1) is 8.02. The van der Waals surface area contributed by atoms with Gasteiger partial charge in [-0.1, -0.05) is 16.9 Å². The number of hydrogen-bond donors (Lipinski definition) is 1. The molecule has 2 nitrogen and oxygen atoms in total. The molecule has 2 aliphatic rings. The molecule has 1 aliphatic heterocycles. The Balaban J connectivity index is 2.36. The third-order valence-corrected chi connectivity index (χ3v) is 4.74. The fraction of sp³-hybridized carbons (Fsp3) is 0.833. The minimum Gasteiger partial charge on any atom is -0.410 e. The number of hydrogen-bond acceptors (Lipinski definition) is 3. The molecule has 62 valence electrons. The number of thioether (sulfide) groups is 1. The molecule has 2 fully saturated rings. The van der Waals surface area contributed by atoms with Gasteiger partial charge < -0.3 is 5.21 Å². The van der Waals surface area contributed by atoms with Gasteiger partial charge in [0.1, 0.15) is 5.04 Å². The molecule has 0 radical (unpaired) electrons. The number of rotatable bonds is 0. The molecule has 1 N–H and O–H groups in total. The highest BCUT2D eigenvalue weighted by molar-refractivity contribution is 8.17. The molecule has 0 amide bonds. The Morgan fingerprint density at radius 3 is 2.45 bits per heavy atom. The Bertz CT molecular complexity index is 235. The molecule has 2 atom stereocenters. The Morgan fingerprint density at radius 1 is 1.45 bits per heavy atom. The second-order valence-corrected chi connectivity index (χ2v) is 6.08. The van der Waals surface area contributed by atoms with E-state index in [0.29, 0.717) is 11.5 Å². The van der Waals surface area contributed by atoms with Crippen LogP contribution in [0.4, 0.5) is 0 Å². The van der Waals surface area contributed by atoms with E-state index in [9.17, 15) is 0 Å². The highest BCUT2D eigenvalue weighted by Crippen LogP contribution is 2.61. The van der Waals surface area contributed by atoms with E-state index in [1.165, 1.54) is 11.8 Å². The first-order chi connectivity index (χ1) is 5.08. The maximum atomic E-state index is 8.59. The van der Waals surface area contributed by atoms with Crippen molar-refractivity contribution in [1.82, 2.24) is 0 Å². The van der Waals surface area contributed by atoms with Gasteiger partial charge in [-0.05, 0) is 12.8 Å². The first-order valence-electron chi connectivity index (χ1n) is 3.37. The number of oxime groups is 1. The summed E-state index contributed by atoms with van der Waals surface area (Å²) in [7, 11) is 0. The maximum absolute atomic E-state index is 8.59. The lowest BCUT2D eigenvalue weighted by Gasteiger charge is -2.19. The van der Waals surface area contributed by atoms with Crippen molar-refractivity contribution in [3.8, 4) is 0 Å². The van der Waals surface area contributed by atoms with Crippen molar-refractivity contribution in [1.29, 1.82) is 0 Å². The summed E-state index contributed by atoms with van der Waals surface area (Å²) in [5.41, 5.74) is 0. The van der Waals surface area contributed by atoms with E-state index in [4.69, 9.17) is 28.4 Å². The second kappa shape index (κ2) is 2.21. The van der Waals surface area contributed by atoms with E-state index in [-0.39, 0.29) is 4.21 Å². The molecule has 1 saturated carbocycles. The van der Waals surface area contributed by atoms with Crippen molar-refractivity contribution in [2.75, 3.05) is 0 Å². The molecule has 2 unspecified atom stereocenters. The summed E-state index contributed by atoms with van der Waals surface area (Å²) in [5, 5.41) is 12.3. The Labute approximate surface area is 78.9 Å². The van der Waals surface area contributed by atoms with Gasteiger partial charge >= 0.3 is 0 Å². The average Bonchev–Trinajstić information content (AvgIpc) is 2.36. The molecule has 11 heavy (non-hydrogen) atoms. The van der Waals surface area contributed by atoms with E-state index in [0.717, 1.165) is 12.8 Å². The Morgan fingerprint density at radius 2 is 2.18 bits per heavy atom. The third kappa shape index (κ3) is 1.05. The molecule has 0 aromatic heterocycles. The van der Waals surface area contributed by atoms with E-state index in [1.807, 2.05) is 0 Å². The monoisotopic (exact) mass is 211 g/mol. The zero-order valence-electron chi connectivity index (χ0n) is 5.68. The van der Waals surface area contributed by atoms with Gasteiger partial charge in [-0.3, -0.25) is 0 Å². The molecule has 1 aliphatic carbocycles. The van der Waals surface area contributed by atoms with Crippen LogP contribution in [0.15, 0.2) is 5.16 Å². The largest absolute Gasteiger partial charge is 0.410 e. The topological polar surface area (TPSA) is 32.6 Å². The molecule has 2 rings (SSSR count). The Hall–Kier alpha value is 0.400. The van der Waals surface area contributed by atoms with Crippen LogP contribution in [0, 0.1) is 0 Å². The van der Waals surface area contributed by atoms with E-state index in [2.05, 4.69) is 5.16 Å². The van der Waals surface area contributed by atoms with Crippen molar-refractivity contribution in [2.45, 2.75) is 28.3 Å². The quantitative estimate of drug-likeness (QED) is 0.380. The molecule has 5 heteroatoms. The summed E-state index contributed by atoms with van der Waals surface area (Å²) >= 11 is 13.7. The minimum absolute atomic E-state index is 0.288. The Kier molecular flexibility index (Phi) is 1.61. The van der Waals surface area contributed by atoms with Gasteiger partial charge in [-0.15, -0.1) is 23.2 Å². The van der Waals surface area contributed by atoms with E-state index in [1.54, 1.807) is 0 Å². The number of nitrogens with zero attached hydrogens (tertiary/aromatic N) is 1. The molecular weight excluding hydrogens is 205 g/mol. The van der Waals surface area contributed by atoms with Gasteiger partial charge in [0.2, 0.25) is 0 Å². The summed E-state index contributed by atoms with van der Waals surface area (Å²) in [6.07, 6.45) is 2.44. The molecule has 1 heterocycles. The first-order valence-corrected chi connectivity index (χ1v) is 4.95. The standard InChI is InChI=1S/C6H7Cl2NOS/c7-5-1-2-6(8,3-5)11-4(5)9-10/h10H,1-3H2. The summed E-state index contributed by atoms with van der Waals surface area (Å²) in [4.78, 5) is -0.457. The average molecular weight is 212 g/mol. The lowest BCUT2D eigenvalue weighted by Crippen LogP contribution is -2.23. The smallest absolute Gasteiger partial charge is 0.135 e. The fourth-order valence-corrected chi connectivity index (χ4v) is 4.06. The van der Waals surface area contributed by atoms with Gasteiger partial charge in [0, 0.05) is 6.42 Å². The van der Waals surface area contributed by atoms with Crippen LogP contribution in [-0.2, 0) is 0 Å². The van der Waals surface area contributed by atoms with Crippen molar-refractivity contribution in [3.05, 3.63) is 0 Å². The summed E-state index contributed by atoms with van der Waals surface area (Å²) < 4.78 is -0.288. The van der Waals surface area contributed by atoms with Gasteiger partial charge in [-0.2, -0.15) is 0 Å². The molecule has 0 spiro atoms. The summed E-state index contributed by atoms with van der Waals surface area (Å²) in [6, 6.07) is 0. The number of halogens is 2. The van der Waals surface area contributed by atoms with Crippen LogP contribution < -0.4 is 0 Å². The van der Waals surface area contributed by atoms with Crippen LogP contribution in [-0.4, -0.2) is 19.3 Å². The SMILES string of the molecule is ON=C1SC2(Cl)CCC1(Cl)C2. The number of fused-ring (bicyclic) bond motifs is 2. The zero-order valence-corrected chi connectivity index (χ0v) is 8.01. The summed E-state index contributed by atoms with van der Waals surface area (Å²) in [6.45, 7) is 0. The van der Waals surface area contributed by atoms with Crippen LogP contribution in [0.3, 0.4) is 0 Å². The second-order valence-electron chi connectivity index (χ2n) is 3.03. The highest BCUT2D eigenvalue weighted by Gasteiger charge is 2.58. The van der Waals surface area contributed by atoms with Crippen molar-refractivity contribution in [3.63, 3.8) is 0 Å². The van der Waals surface area contributed by atoms with Crippen LogP contribution in [0.2, 0.25) is 0 Å². The van der Waals surface area contributed by atoms with Gasteiger partial charge in [0.15, 0.2) is 0 Å². The van der Waals surface area contributed by atoms with Crippen molar-refractivity contribution < 1.29 is 5.21 Å². The molecular formula is C6H7Cl2NOS. The third-order valence-electron chi connectivity index (χ3n) is 2.19. The van der Waals surface area contributed by atoms with Crippen LogP contribution in [0.5, 0.6) is 0 Å². The summed E-state index contributed by atoms with van der Waals surface area (Å²) in [5.74, 6) is 0. The molecule has 2 bridgehead atoms. The van der Waals surface area contributed by atoms with E-state index < -0.39 is 4.87 Å². The fourth-order valence-electron chi connectivity index (χ4n) is 1.62. The van der Waals surface area contributed by atoms with Gasteiger partial charge in [-0.25, -0.2) is 0 Å². The highest BCUT2D eigenvalue weighted by atomic mass is 35.5. The normalized spacial score (nSPS) is 52.4. The van der Waals surface area contributed by atoms with Gasteiger partial charge in [0.25, 0.3) is 0 Å². The lowest BCUT2D eigenvalue weighted by atomic mass is 10.1. The van der Waals surface area contributed by atoms with Crippen molar-refractivity contribution >= 4 is 40.0 Å². The molecule has 0 aromatic carbocycles. The van der Waals surface area contributed by atoms with Crippen molar-refractivity contribution in [2.24, 2.45) is 5.16 Å². The van der Waals surface area contributed by atoms with E-state index >= 15 is 0 Å². The molecule has 0 aromatic rings. The minimum atomic E-state index is -0.457. The lowest BCUT2D eigenvalue weighted by molar-refractivity contribution is 0.318. The van der Waals surface area contributed by atoms with Gasteiger partial charge in [0.05, 0.1) is 9.08 Å². The maximum Gasteiger partial charge on any atom is 0.135 e. The van der Waals surface area contributed by atoms with Crippen LogP contribution >= 0.6 is 35.0 Å². The predicted octanol–water partition coefficient (Wildman–Crippen LogP) is 2.62. The van der Waals surface area contributed by atoms with Crippen LogP contribution in [0.1, 0.15) is 19.3 Å². The van der Waals surface area contributed by atoms with Crippen LogP contribution in [0.25, 0.3) is 0 Å². The predicted molar refractivity (Wildman–Crippen MR) is 47.8 cm³/mol. The zero-order chi connectivity index (χ0) is 8.11. The number of alkyl halides is 2.